The van der Waals surface area contributed by atoms with Crippen molar-refractivity contribution in [2.24, 2.45) is 11.7 Å². The molecule has 2 rings (SSSR count). The number of sulfonamides is 1. The summed E-state index contributed by atoms with van der Waals surface area (Å²) in [6.45, 7) is 9.22. The Hall–Kier alpha value is -4.25. The summed E-state index contributed by atoms with van der Waals surface area (Å²) in [6, 6.07) is 7.11. The molecule has 0 radical (unpaired) electrons. The molecule has 5 N–H and O–H groups in total. The molecule has 17 heteroatoms. The number of alkyl halides is 3. The molecule has 0 aromatic heterocycles. The maximum atomic E-state index is 13.9. The van der Waals surface area contributed by atoms with Gasteiger partial charge in [0.2, 0.25) is 21.8 Å². The number of benzene rings is 2. The van der Waals surface area contributed by atoms with E-state index in [2.05, 4.69) is 0 Å². The number of carbonyl (C=O) groups excluding carboxylic acids is 3. The number of aliphatic carboxylic acids is 1. The molecule has 0 heterocycles. The van der Waals surface area contributed by atoms with E-state index in [4.69, 9.17) is 15.6 Å². The zero-order valence-corrected chi connectivity index (χ0v) is 29.3. The number of amides is 3. The van der Waals surface area contributed by atoms with E-state index in [0.717, 1.165) is 11.2 Å². The van der Waals surface area contributed by atoms with Gasteiger partial charge in [-0.05, 0) is 52.6 Å². The van der Waals surface area contributed by atoms with Gasteiger partial charge in [-0.25, -0.2) is 17.6 Å². The van der Waals surface area contributed by atoms with E-state index in [9.17, 15) is 45.5 Å². The molecule has 0 aliphatic heterocycles. The van der Waals surface area contributed by atoms with Crippen molar-refractivity contribution in [2.75, 3.05) is 20.4 Å². The van der Waals surface area contributed by atoms with Crippen molar-refractivity contribution < 1.29 is 55.4 Å². The van der Waals surface area contributed by atoms with Crippen LogP contribution in [0.25, 0.3) is 0 Å². The molecule has 0 bridgehead atoms. The summed E-state index contributed by atoms with van der Waals surface area (Å²) in [5, 5.41) is 17.5. The van der Waals surface area contributed by atoms with Gasteiger partial charge in [-0.15, -0.1) is 0 Å². The lowest BCUT2D eigenvalue weighted by Gasteiger charge is -2.37. The van der Waals surface area contributed by atoms with Gasteiger partial charge in [-0.3, -0.25) is 19.1 Å². The van der Waals surface area contributed by atoms with Gasteiger partial charge in [0.15, 0.2) is 0 Å². The molecule has 0 saturated carbocycles. The zero-order valence-electron chi connectivity index (χ0n) is 28.5. The third-order valence-corrected chi connectivity index (χ3v) is 7.85. The fraction of sp³-hybridized carbons (Fsp3) is 0.500. The molecule has 2 aromatic carbocycles. The predicted molar refractivity (Wildman–Crippen MR) is 173 cm³/mol. The van der Waals surface area contributed by atoms with Crippen molar-refractivity contribution in [3.8, 4) is 5.75 Å². The first-order chi connectivity index (χ1) is 22.2. The third kappa shape index (κ3) is 13.3. The molecule has 0 aliphatic rings. The van der Waals surface area contributed by atoms with Crippen LogP contribution in [0.3, 0.4) is 0 Å². The molecule has 2 aromatic rings. The minimum Gasteiger partial charge on any atom is -0.508 e. The highest BCUT2D eigenvalue weighted by Crippen LogP contribution is 2.32. The van der Waals surface area contributed by atoms with E-state index in [1.54, 1.807) is 26.0 Å². The number of nitrogens with two attached hydrogens (primary N) is 1. The second kappa shape index (κ2) is 16.9. The minimum absolute atomic E-state index is 0.0560. The van der Waals surface area contributed by atoms with Crippen molar-refractivity contribution in [1.82, 2.24) is 14.5 Å². The molecule has 274 valence electrons. The van der Waals surface area contributed by atoms with Crippen molar-refractivity contribution in [3.05, 3.63) is 65.0 Å². The van der Waals surface area contributed by atoms with E-state index < -0.39 is 75.2 Å². The first-order valence-corrected chi connectivity index (χ1v) is 16.7. The Balaban J connectivity index is 0.00000154. The van der Waals surface area contributed by atoms with Crippen molar-refractivity contribution in [3.63, 3.8) is 0 Å². The number of halogens is 4. The van der Waals surface area contributed by atoms with Crippen LogP contribution in [-0.4, -0.2) is 96.8 Å². The van der Waals surface area contributed by atoms with Crippen LogP contribution >= 0.6 is 0 Å². The second-order valence-electron chi connectivity index (χ2n) is 12.9. The second-order valence-corrected chi connectivity index (χ2v) is 14.6. The summed E-state index contributed by atoms with van der Waals surface area (Å²) in [6.07, 6.45) is -4.18. The van der Waals surface area contributed by atoms with Crippen LogP contribution in [0.2, 0.25) is 0 Å². The SMILES string of the molecule is CC(C)[C@@H](C(=O)N(C)[C@@H](Cc1ccc(O)c(C(C)(C)C)c1)C(=O)NS(C)(=O)=O)N(C)C(=O)[C@@H](N)Cc1ccc(F)cc1.O=C(O)C(F)(F)F. The number of nitrogens with zero attached hydrogens (tertiary/aromatic N) is 2. The summed E-state index contributed by atoms with van der Waals surface area (Å²) < 4.78 is 70.9. The number of rotatable bonds is 11. The summed E-state index contributed by atoms with van der Waals surface area (Å²) in [5.41, 5.74) is 7.62. The van der Waals surface area contributed by atoms with E-state index >= 15 is 0 Å². The molecule has 0 fully saturated rings. The average Bonchev–Trinajstić information content (AvgIpc) is 2.95. The summed E-state index contributed by atoms with van der Waals surface area (Å²) in [4.78, 5) is 51.7. The molecule has 0 unspecified atom stereocenters. The number of carboxylic acids is 1. The van der Waals surface area contributed by atoms with Crippen molar-refractivity contribution in [2.45, 2.75) is 77.2 Å². The fourth-order valence-electron chi connectivity index (χ4n) is 4.81. The minimum atomic E-state index is -5.08. The molecule has 12 nitrogen and oxygen atoms in total. The van der Waals surface area contributed by atoms with Gasteiger partial charge in [0.05, 0.1) is 12.3 Å². The molecule has 0 spiro atoms. The van der Waals surface area contributed by atoms with Crippen LogP contribution in [0.15, 0.2) is 42.5 Å². The van der Waals surface area contributed by atoms with Crippen molar-refractivity contribution in [1.29, 1.82) is 0 Å². The van der Waals surface area contributed by atoms with Crippen LogP contribution in [0, 0.1) is 11.7 Å². The standard InChI is InChI=1S/C30H43FN4O6S.C2HF3O2/c1-18(2)26(35(7)28(38)23(32)16-19-9-12-21(31)13-10-19)29(39)34(6)24(27(37)33-42(8,40)41)17-20-11-14-25(36)22(15-20)30(3,4)5;3-2(4,5)1(6)7/h9-15,18,23-24,26,36H,16-17,32H2,1-8H3,(H,33,37);(H,6,7)/t23-,24-,26-;/m0./s1. The first-order valence-electron chi connectivity index (χ1n) is 14.8. The van der Waals surface area contributed by atoms with Gasteiger partial charge in [0.25, 0.3) is 5.91 Å². The first kappa shape index (κ1) is 42.8. The lowest BCUT2D eigenvalue weighted by molar-refractivity contribution is -0.192. The molecule has 49 heavy (non-hydrogen) atoms. The van der Waals surface area contributed by atoms with Crippen LogP contribution in [-0.2, 0) is 47.5 Å². The predicted octanol–water partition coefficient (Wildman–Crippen LogP) is 2.96. The summed E-state index contributed by atoms with van der Waals surface area (Å²) in [5.74, 6) is -5.52. The summed E-state index contributed by atoms with van der Waals surface area (Å²) in [7, 11) is -1.12. The lowest BCUT2D eigenvalue weighted by atomic mass is 9.84. The van der Waals surface area contributed by atoms with Gasteiger partial charge in [0.1, 0.15) is 23.7 Å². The van der Waals surface area contributed by atoms with Crippen LogP contribution in [0.5, 0.6) is 5.75 Å². The number of carbonyl (C=O) groups is 4. The maximum absolute atomic E-state index is 13.9. The molecular weight excluding hydrogens is 676 g/mol. The number of aromatic hydroxyl groups is 1. The summed E-state index contributed by atoms with van der Waals surface area (Å²) >= 11 is 0. The van der Waals surface area contributed by atoms with E-state index in [1.807, 2.05) is 25.5 Å². The fourth-order valence-corrected chi connectivity index (χ4v) is 5.31. The Morgan fingerprint density at radius 2 is 1.39 bits per heavy atom. The number of hydrogen-bond donors (Lipinski definition) is 4. The average molecular weight is 721 g/mol. The largest absolute Gasteiger partial charge is 0.508 e. The highest BCUT2D eigenvalue weighted by molar-refractivity contribution is 7.89. The Kier molecular flexibility index (Phi) is 14.8. The highest BCUT2D eigenvalue weighted by Gasteiger charge is 2.39. The number of hydrogen-bond acceptors (Lipinski definition) is 8. The number of nitrogens with one attached hydrogen (secondary N) is 1. The van der Waals surface area contributed by atoms with Crippen LogP contribution in [0.1, 0.15) is 51.3 Å². The van der Waals surface area contributed by atoms with Crippen LogP contribution in [0.4, 0.5) is 17.6 Å². The zero-order chi connectivity index (χ0) is 38.2. The molecular formula is C32H44F4N4O8S. The Labute approximate surface area is 283 Å². The Bertz CT molecular complexity index is 1590. The molecule has 3 atom stereocenters. The van der Waals surface area contributed by atoms with Gasteiger partial charge >= 0.3 is 12.1 Å². The number of phenolic OH excluding ortho intramolecular Hbond substituents is 1. The van der Waals surface area contributed by atoms with Gasteiger partial charge < -0.3 is 25.7 Å². The van der Waals surface area contributed by atoms with Crippen molar-refractivity contribution >= 4 is 33.7 Å². The Morgan fingerprint density at radius 1 is 0.898 bits per heavy atom. The quantitative estimate of drug-likeness (QED) is 0.253. The number of likely N-dealkylation sites (N-methyl/N-ethyl adjacent to an activating group) is 2. The molecule has 3 amide bonds. The highest BCUT2D eigenvalue weighted by atomic mass is 32.2. The van der Waals surface area contributed by atoms with Gasteiger partial charge in [-0.2, -0.15) is 13.2 Å². The lowest BCUT2D eigenvalue weighted by Crippen LogP contribution is -2.59. The maximum Gasteiger partial charge on any atom is 0.490 e. The number of phenols is 1. The molecule has 0 saturated heterocycles. The Morgan fingerprint density at radius 3 is 1.82 bits per heavy atom. The molecule has 0 aliphatic carbocycles. The third-order valence-electron chi connectivity index (χ3n) is 7.28. The van der Waals surface area contributed by atoms with Gasteiger partial charge in [0, 0.05) is 20.5 Å². The monoisotopic (exact) mass is 720 g/mol. The van der Waals surface area contributed by atoms with E-state index in [-0.39, 0.29) is 18.6 Å². The smallest absolute Gasteiger partial charge is 0.490 e. The van der Waals surface area contributed by atoms with Gasteiger partial charge in [-0.1, -0.05) is 58.9 Å². The van der Waals surface area contributed by atoms with Crippen LogP contribution < -0.4 is 10.5 Å². The topological polar surface area (TPSA) is 187 Å². The van der Waals surface area contributed by atoms with E-state index in [1.165, 1.54) is 49.3 Å². The number of carboxylic acid groups (broad SMARTS) is 1. The normalized spacial score (nSPS) is 13.8. The van der Waals surface area contributed by atoms with E-state index in [0.29, 0.717) is 16.7 Å².